The van der Waals surface area contributed by atoms with Gasteiger partial charge < -0.3 is 9.47 Å². The Balaban J connectivity index is 4.66. The quantitative estimate of drug-likeness (QED) is 0.645. The maximum Gasteiger partial charge on any atom is 0.308 e. The fourth-order valence-electron chi connectivity index (χ4n) is 1.91. The lowest BCUT2D eigenvalue weighted by atomic mass is 9.81. The standard InChI is InChI=1S/C14H28O3/c1-8-16-9-14(6,7)12(10(2)3)17-13(15)11(4)5/h10-12H,8-9H2,1-7H3. The van der Waals surface area contributed by atoms with Gasteiger partial charge in [0.25, 0.3) is 0 Å². The maximum absolute atomic E-state index is 11.7. The van der Waals surface area contributed by atoms with E-state index in [0.717, 1.165) is 0 Å². The summed E-state index contributed by atoms with van der Waals surface area (Å²) in [6.45, 7) is 15.3. The van der Waals surface area contributed by atoms with Crippen molar-refractivity contribution in [2.45, 2.75) is 54.6 Å². The molecule has 0 rings (SSSR count). The summed E-state index contributed by atoms with van der Waals surface area (Å²) in [7, 11) is 0. The Morgan fingerprint density at radius 3 is 2.06 bits per heavy atom. The highest BCUT2D eigenvalue weighted by molar-refractivity contribution is 5.71. The van der Waals surface area contributed by atoms with Gasteiger partial charge in [0, 0.05) is 12.0 Å². The zero-order chi connectivity index (χ0) is 13.6. The summed E-state index contributed by atoms with van der Waals surface area (Å²) in [6, 6.07) is 0. The molecule has 0 aliphatic carbocycles. The SMILES string of the molecule is CCOCC(C)(C)C(OC(=O)C(C)C)C(C)C. The zero-order valence-corrected chi connectivity index (χ0v) is 12.4. The van der Waals surface area contributed by atoms with Crippen LogP contribution in [0.15, 0.2) is 0 Å². The lowest BCUT2D eigenvalue weighted by molar-refractivity contribution is -0.166. The predicted molar refractivity (Wildman–Crippen MR) is 69.8 cm³/mol. The lowest BCUT2D eigenvalue weighted by Crippen LogP contribution is -2.42. The average Bonchev–Trinajstić information content (AvgIpc) is 2.21. The van der Waals surface area contributed by atoms with E-state index in [4.69, 9.17) is 9.47 Å². The smallest absolute Gasteiger partial charge is 0.308 e. The minimum Gasteiger partial charge on any atom is -0.461 e. The Bertz CT molecular complexity index is 232. The second kappa shape index (κ2) is 7.00. The van der Waals surface area contributed by atoms with Crippen LogP contribution in [0.1, 0.15) is 48.5 Å². The number of rotatable bonds is 7. The van der Waals surface area contributed by atoms with Crippen LogP contribution >= 0.6 is 0 Å². The number of carbonyl (C=O) groups excluding carboxylic acids is 1. The first kappa shape index (κ1) is 16.4. The van der Waals surface area contributed by atoms with Crippen LogP contribution < -0.4 is 0 Å². The molecule has 0 aromatic rings. The number of ether oxygens (including phenoxy) is 2. The fourth-order valence-corrected chi connectivity index (χ4v) is 1.91. The van der Waals surface area contributed by atoms with Crippen molar-refractivity contribution in [3.05, 3.63) is 0 Å². The van der Waals surface area contributed by atoms with E-state index < -0.39 is 0 Å². The zero-order valence-electron chi connectivity index (χ0n) is 12.4. The summed E-state index contributed by atoms with van der Waals surface area (Å²) < 4.78 is 11.1. The van der Waals surface area contributed by atoms with Crippen LogP contribution in [0.25, 0.3) is 0 Å². The molecule has 17 heavy (non-hydrogen) atoms. The lowest BCUT2D eigenvalue weighted by Gasteiger charge is -2.36. The van der Waals surface area contributed by atoms with Gasteiger partial charge in [0.15, 0.2) is 0 Å². The maximum atomic E-state index is 11.7. The van der Waals surface area contributed by atoms with Crippen LogP contribution in [0.5, 0.6) is 0 Å². The molecule has 102 valence electrons. The number of hydrogen-bond acceptors (Lipinski definition) is 3. The second-order valence-corrected chi connectivity index (χ2v) is 5.88. The van der Waals surface area contributed by atoms with Crippen molar-refractivity contribution in [3.8, 4) is 0 Å². The van der Waals surface area contributed by atoms with Crippen molar-refractivity contribution >= 4 is 5.97 Å². The topological polar surface area (TPSA) is 35.5 Å². The van der Waals surface area contributed by atoms with Gasteiger partial charge in [-0.3, -0.25) is 4.79 Å². The molecule has 0 fully saturated rings. The van der Waals surface area contributed by atoms with E-state index in [1.165, 1.54) is 0 Å². The van der Waals surface area contributed by atoms with Gasteiger partial charge >= 0.3 is 5.97 Å². The summed E-state index contributed by atoms with van der Waals surface area (Å²) in [4.78, 5) is 11.7. The third-order valence-electron chi connectivity index (χ3n) is 2.77. The average molecular weight is 244 g/mol. The van der Waals surface area contributed by atoms with Gasteiger partial charge in [-0.25, -0.2) is 0 Å². The van der Waals surface area contributed by atoms with Crippen LogP contribution in [-0.4, -0.2) is 25.3 Å². The molecule has 0 bridgehead atoms. The van der Waals surface area contributed by atoms with Gasteiger partial charge in [-0.2, -0.15) is 0 Å². The van der Waals surface area contributed by atoms with Crippen molar-refractivity contribution in [2.24, 2.45) is 17.3 Å². The number of carbonyl (C=O) groups is 1. The van der Waals surface area contributed by atoms with Crippen LogP contribution in [0.3, 0.4) is 0 Å². The molecular weight excluding hydrogens is 216 g/mol. The summed E-state index contributed by atoms with van der Waals surface area (Å²) in [5.41, 5.74) is -0.158. The first-order valence-electron chi connectivity index (χ1n) is 6.50. The molecular formula is C14H28O3. The third-order valence-corrected chi connectivity index (χ3v) is 2.77. The van der Waals surface area contributed by atoms with Crippen molar-refractivity contribution in [1.82, 2.24) is 0 Å². The van der Waals surface area contributed by atoms with Crippen molar-refractivity contribution in [3.63, 3.8) is 0 Å². The molecule has 0 radical (unpaired) electrons. The molecule has 0 aromatic carbocycles. The monoisotopic (exact) mass is 244 g/mol. The fraction of sp³-hybridized carbons (Fsp3) is 0.929. The molecule has 0 heterocycles. The van der Waals surface area contributed by atoms with E-state index in [-0.39, 0.29) is 29.3 Å². The first-order chi connectivity index (χ1) is 7.72. The molecule has 3 nitrogen and oxygen atoms in total. The van der Waals surface area contributed by atoms with E-state index in [1.54, 1.807) is 0 Å². The Kier molecular flexibility index (Phi) is 6.76. The molecule has 0 saturated heterocycles. The Hall–Kier alpha value is -0.570. The van der Waals surface area contributed by atoms with Crippen molar-refractivity contribution < 1.29 is 14.3 Å². The number of esters is 1. The molecule has 0 saturated carbocycles. The highest BCUT2D eigenvalue weighted by Gasteiger charge is 2.35. The van der Waals surface area contributed by atoms with Crippen LogP contribution in [0.4, 0.5) is 0 Å². The van der Waals surface area contributed by atoms with Crippen LogP contribution in [0.2, 0.25) is 0 Å². The Labute approximate surface area is 106 Å². The largest absolute Gasteiger partial charge is 0.461 e. The second-order valence-electron chi connectivity index (χ2n) is 5.88. The van der Waals surface area contributed by atoms with E-state index in [0.29, 0.717) is 13.2 Å². The van der Waals surface area contributed by atoms with Gasteiger partial charge in [-0.1, -0.05) is 41.5 Å². The minimum absolute atomic E-state index is 0.0841. The summed E-state index contributed by atoms with van der Waals surface area (Å²) >= 11 is 0. The summed E-state index contributed by atoms with van der Waals surface area (Å²) in [5.74, 6) is 0.0700. The van der Waals surface area contributed by atoms with E-state index in [9.17, 15) is 4.79 Å². The van der Waals surface area contributed by atoms with Gasteiger partial charge in [0.05, 0.1) is 12.5 Å². The molecule has 0 N–H and O–H groups in total. The molecule has 0 amide bonds. The first-order valence-corrected chi connectivity index (χ1v) is 6.50. The molecule has 0 spiro atoms. The molecule has 0 aliphatic rings. The molecule has 3 heteroatoms. The van der Waals surface area contributed by atoms with Gasteiger partial charge in [-0.15, -0.1) is 0 Å². The normalized spacial score (nSPS) is 14.2. The molecule has 1 unspecified atom stereocenters. The molecule has 0 aliphatic heterocycles. The minimum atomic E-state index is -0.158. The van der Waals surface area contributed by atoms with E-state index in [2.05, 4.69) is 27.7 Å². The van der Waals surface area contributed by atoms with Crippen LogP contribution in [-0.2, 0) is 14.3 Å². The van der Waals surface area contributed by atoms with Crippen molar-refractivity contribution in [2.75, 3.05) is 13.2 Å². The van der Waals surface area contributed by atoms with Gasteiger partial charge in [0.1, 0.15) is 6.10 Å². The van der Waals surface area contributed by atoms with E-state index >= 15 is 0 Å². The highest BCUT2D eigenvalue weighted by Crippen LogP contribution is 2.30. The molecule has 0 aromatic heterocycles. The Morgan fingerprint density at radius 1 is 1.18 bits per heavy atom. The predicted octanol–water partition coefficient (Wildman–Crippen LogP) is 3.27. The Morgan fingerprint density at radius 2 is 1.71 bits per heavy atom. The van der Waals surface area contributed by atoms with E-state index in [1.807, 2.05) is 20.8 Å². The number of hydrogen-bond donors (Lipinski definition) is 0. The van der Waals surface area contributed by atoms with Gasteiger partial charge in [0.2, 0.25) is 0 Å². The summed E-state index contributed by atoms with van der Waals surface area (Å²) in [6.07, 6.45) is -0.107. The van der Waals surface area contributed by atoms with Gasteiger partial charge in [-0.05, 0) is 12.8 Å². The third kappa shape index (κ3) is 5.53. The van der Waals surface area contributed by atoms with Crippen LogP contribution in [0, 0.1) is 17.3 Å². The summed E-state index contributed by atoms with van der Waals surface area (Å²) in [5, 5.41) is 0. The molecule has 1 atom stereocenters. The van der Waals surface area contributed by atoms with Crippen molar-refractivity contribution in [1.29, 1.82) is 0 Å². The highest BCUT2D eigenvalue weighted by atomic mass is 16.5.